The van der Waals surface area contributed by atoms with E-state index in [9.17, 15) is 23.6 Å². The van der Waals surface area contributed by atoms with Crippen LogP contribution in [0.5, 0.6) is 0 Å². The van der Waals surface area contributed by atoms with Gasteiger partial charge in [-0.3, -0.25) is 29.4 Å². The maximum Gasteiger partial charge on any atom is 0.262 e. The van der Waals surface area contributed by atoms with Crippen LogP contribution < -0.4 is 10.6 Å². The van der Waals surface area contributed by atoms with Crippen LogP contribution in [0.15, 0.2) is 12.1 Å². The number of fused-ring (bicyclic) bond motifs is 1. The van der Waals surface area contributed by atoms with E-state index in [0.717, 1.165) is 11.0 Å². The van der Waals surface area contributed by atoms with Crippen LogP contribution in [0.4, 0.5) is 4.39 Å². The van der Waals surface area contributed by atoms with Crippen molar-refractivity contribution < 1.29 is 23.6 Å². The van der Waals surface area contributed by atoms with Gasteiger partial charge in [0.15, 0.2) is 0 Å². The van der Waals surface area contributed by atoms with E-state index < -0.39 is 35.5 Å². The van der Waals surface area contributed by atoms with Crippen LogP contribution in [0.25, 0.3) is 0 Å². The second kappa shape index (κ2) is 4.70. The van der Waals surface area contributed by atoms with E-state index in [2.05, 4.69) is 14.6 Å². The van der Waals surface area contributed by atoms with E-state index >= 15 is 0 Å². The van der Waals surface area contributed by atoms with E-state index in [-0.39, 0.29) is 29.3 Å². The van der Waals surface area contributed by atoms with Gasteiger partial charge in [0, 0.05) is 11.7 Å². The lowest BCUT2D eigenvalue weighted by molar-refractivity contribution is -0.136. The Morgan fingerprint density at radius 1 is 1.14 bits per heavy atom. The minimum atomic E-state index is -1.04. The number of piperidine rings is 1. The number of hydrogen-bond donors (Lipinski definition) is 1. The zero-order valence-electron chi connectivity index (χ0n) is 10.7. The van der Waals surface area contributed by atoms with Crippen molar-refractivity contribution in [3.05, 3.63) is 29.1 Å². The van der Waals surface area contributed by atoms with Gasteiger partial charge in [0.25, 0.3) is 11.8 Å². The molecule has 2 atom stereocenters. The number of carbonyl (C=O) groups excluding carboxylic acids is 4. The molecule has 1 fully saturated rings. The lowest BCUT2D eigenvalue weighted by Gasteiger charge is -2.27. The number of nitrogens with zero attached hydrogens (tertiary/aromatic N) is 1. The summed E-state index contributed by atoms with van der Waals surface area (Å²) in [4.78, 5) is 48.3. The van der Waals surface area contributed by atoms with Crippen molar-refractivity contribution in [3.63, 3.8) is 0 Å². The van der Waals surface area contributed by atoms with Crippen molar-refractivity contribution in [1.82, 2.24) is 10.2 Å². The molecule has 21 heavy (non-hydrogen) atoms. The summed E-state index contributed by atoms with van der Waals surface area (Å²) in [5.41, 5.74) is 0.00417. The fourth-order valence-electron chi connectivity index (χ4n) is 2.51. The van der Waals surface area contributed by atoms with Crippen molar-refractivity contribution in [2.45, 2.75) is 18.9 Å². The highest BCUT2D eigenvalue weighted by Crippen LogP contribution is 2.27. The molecule has 1 aromatic rings. The van der Waals surface area contributed by atoms with E-state index in [0.29, 0.717) is 0 Å². The Morgan fingerprint density at radius 2 is 1.76 bits per heavy atom. The number of carbonyl (C=O) groups is 4. The molecule has 2 heterocycles. The fourth-order valence-corrected chi connectivity index (χ4v) is 2.76. The van der Waals surface area contributed by atoms with E-state index in [4.69, 9.17) is 0 Å². The molecule has 2 aliphatic heterocycles. The first kappa shape index (κ1) is 13.8. The third-order valence-corrected chi connectivity index (χ3v) is 4.00. The minimum Gasteiger partial charge on any atom is -0.295 e. The average molecular weight is 308 g/mol. The summed E-state index contributed by atoms with van der Waals surface area (Å²) in [5, 5.41) is 2.26. The molecular weight excluding hydrogens is 298 g/mol. The highest BCUT2D eigenvalue weighted by atomic mass is 31.0. The molecule has 0 saturated carbocycles. The molecule has 1 N–H and O–H groups in total. The van der Waals surface area contributed by atoms with Gasteiger partial charge in [0.05, 0.1) is 11.1 Å². The van der Waals surface area contributed by atoms with Gasteiger partial charge in [-0.2, -0.15) is 0 Å². The zero-order valence-corrected chi connectivity index (χ0v) is 11.8. The zero-order chi connectivity index (χ0) is 15.3. The Hall–Kier alpha value is -2.14. The van der Waals surface area contributed by atoms with Crippen molar-refractivity contribution in [3.8, 4) is 0 Å². The third kappa shape index (κ3) is 2.05. The number of halogens is 1. The number of rotatable bonds is 1. The molecule has 1 saturated heterocycles. The average Bonchev–Trinajstić information content (AvgIpc) is 2.64. The van der Waals surface area contributed by atoms with Gasteiger partial charge in [0.2, 0.25) is 11.8 Å². The van der Waals surface area contributed by atoms with Crippen molar-refractivity contribution in [2.24, 2.45) is 0 Å². The first-order valence-corrected chi connectivity index (χ1v) is 6.78. The normalized spacial score (nSPS) is 21.6. The molecule has 0 aliphatic carbocycles. The molecule has 2 aliphatic rings. The van der Waals surface area contributed by atoms with E-state index in [1.54, 1.807) is 0 Å². The van der Waals surface area contributed by atoms with Crippen LogP contribution in [-0.4, -0.2) is 34.6 Å². The first-order chi connectivity index (χ1) is 9.90. The second-order valence-electron chi connectivity index (χ2n) is 4.87. The smallest absolute Gasteiger partial charge is 0.262 e. The highest BCUT2D eigenvalue weighted by Gasteiger charge is 2.44. The monoisotopic (exact) mass is 308 g/mol. The summed E-state index contributed by atoms with van der Waals surface area (Å²) in [6.45, 7) is 0. The van der Waals surface area contributed by atoms with Gasteiger partial charge < -0.3 is 0 Å². The first-order valence-electron chi connectivity index (χ1n) is 6.20. The molecule has 0 bridgehead atoms. The minimum absolute atomic E-state index is 0.0487. The number of imide groups is 2. The highest BCUT2D eigenvalue weighted by molar-refractivity contribution is 7.27. The van der Waals surface area contributed by atoms with Crippen molar-refractivity contribution >= 4 is 38.2 Å². The van der Waals surface area contributed by atoms with Crippen LogP contribution in [0.1, 0.15) is 33.6 Å². The summed E-state index contributed by atoms with van der Waals surface area (Å²) >= 11 is 0. The number of hydrogen-bond acceptors (Lipinski definition) is 4. The quantitative estimate of drug-likeness (QED) is 0.572. The Balaban J connectivity index is 2.00. The Bertz CT molecular complexity index is 677. The molecule has 0 aromatic heterocycles. The molecular formula is C13H10FN2O4P. The molecule has 0 radical (unpaired) electrons. The Morgan fingerprint density at radius 3 is 2.38 bits per heavy atom. The van der Waals surface area contributed by atoms with Gasteiger partial charge in [-0.1, -0.05) is 0 Å². The van der Waals surface area contributed by atoms with Crippen LogP contribution in [-0.2, 0) is 9.59 Å². The predicted octanol–water partition coefficient (Wildman–Crippen LogP) is -0.273. The molecule has 1 aromatic carbocycles. The van der Waals surface area contributed by atoms with Gasteiger partial charge in [-0.25, -0.2) is 4.39 Å². The number of benzene rings is 1. The van der Waals surface area contributed by atoms with Gasteiger partial charge in [0.1, 0.15) is 11.9 Å². The van der Waals surface area contributed by atoms with E-state index in [1.165, 1.54) is 6.07 Å². The van der Waals surface area contributed by atoms with Crippen LogP contribution >= 0.6 is 9.24 Å². The summed E-state index contributed by atoms with van der Waals surface area (Å²) in [6.07, 6.45) is 0.124. The predicted molar refractivity (Wildman–Crippen MR) is 72.4 cm³/mol. The lowest BCUT2D eigenvalue weighted by Crippen LogP contribution is -2.54. The Labute approximate surface area is 120 Å². The maximum atomic E-state index is 13.5. The largest absolute Gasteiger partial charge is 0.295 e. The van der Waals surface area contributed by atoms with Crippen molar-refractivity contribution in [2.75, 3.05) is 0 Å². The molecule has 108 valence electrons. The van der Waals surface area contributed by atoms with Crippen molar-refractivity contribution in [1.29, 1.82) is 0 Å². The van der Waals surface area contributed by atoms with E-state index in [1.807, 2.05) is 0 Å². The SMILES string of the molecule is O=C1CCC(N2C(=O)c3cc(F)c(P)cc3C2=O)C(=O)N1. The Kier molecular flexibility index (Phi) is 3.10. The lowest BCUT2D eigenvalue weighted by atomic mass is 10.0. The topological polar surface area (TPSA) is 83.6 Å². The summed E-state index contributed by atoms with van der Waals surface area (Å²) in [6, 6.07) is 1.22. The molecule has 6 nitrogen and oxygen atoms in total. The summed E-state index contributed by atoms with van der Waals surface area (Å²) < 4.78 is 13.5. The maximum absolute atomic E-state index is 13.5. The van der Waals surface area contributed by atoms with Gasteiger partial charge in [-0.15, -0.1) is 9.24 Å². The summed E-state index contributed by atoms with van der Waals surface area (Å²) in [7, 11) is 2.14. The molecule has 3 rings (SSSR count). The molecule has 0 spiro atoms. The third-order valence-electron chi connectivity index (χ3n) is 3.56. The molecule has 2 unspecified atom stereocenters. The van der Waals surface area contributed by atoms with Crippen LogP contribution in [0, 0.1) is 5.82 Å². The molecule has 4 amide bonds. The van der Waals surface area contributed by atoms with Gasteiger partial charge in [-0.05, 0) is 18.6 Å². The van der Waals surface area contributed by atoms with Gasteiger partial charge >= 0.3 is 0 Å². The standard InChI is InChI=1S/C13H10FN2O4P/c14-7-3-5-6(4-9(7)21)13(20)16(12(5)19)8-1-2-10(17)15-11(8)18/h3-4,8H,1-2,21H2,(H,15,17,18). The van der Waals surface area contributed by atoms with Crippen LogP contribution in [0.2, 0.25) is 0 Å². The number of nitrogens with one attached hydrogen (secondary N) is 1. The second-order valence-corrected chi connectivity index (χ2v) is 5.49. The molecule has 8 heteroatoms. The summed E-state index contributed by atoms with van der Waals surface area (Å²) in [5.74, 6) is -3.11. The number of amides is 4. The van der Waals surface area contributed by atoms with Crippen LogP contribution in [0.3, 0.4) is 0 Å². The fraction of sp³-hybridized carbons (Fsp3) is 0.231.